The van der Waals surface area contributed by atoms with E-state index in [-0.39, 0.29) is 0 Å². The SMILES string of the molecule is CNc1ccc(-n2cnc3ccc(C)nc32)cc1. The van der Waals surface area contributed by atoms with E-state index in [2.05, 4.69) is 27.4 Å². The Labute approximate surface area is 105 Å². The van der Waals surface area contributed by atoms with Crippen LogP contribution in [0.1, 0.15) is 5.69 Å². The molecule has 90 valence electrons. The van der Waals surface area contributed by atoms with Crippen molar-refractivity contribution in [2.75, 3.05) is 12.4 Å². The maximum absolute atomic E-state index is 4.54. The summed E-state index contributed by atoms with van der Waals surface area (Å²) in [5.41, 5.74) is 4.96. The first-order valence-electron chi connectivity index (χ1n) is 5.87. The largest absolute Gasteiger partial charge is 0.388 e. The maximum atomic E-state index is 4.54. The number of aryl methyl sites for hydroxylation is 1. The summed E-state index contributed by atoms with van der Waals surface area (Å²) in [5, 5.41) is 3.11. The second-order valence-electron chi connectivity index (χ2n) is 4.21. The van der Waals surface area contributed by atoms with Crippen molar-refractivity contribution in [3.05, 3.63) is 48.4 Å². The molecule has 0 saturated heterocycles. The van der Waals surface area contributed by atoms with E-state index < -0.39 is 0 Å². The van der Waals surface area contributed by atoms with Crippen LogP contribution in [0.3, 0.4) is 0 Å². The highest BCUT2D eigenvalue weighted by Gasteiger charge is 2.05. The highest BCUT2D eigenvalue weighted by molar-refractivity contribution is 5.73. The zero-order valence-electron chi connectivity index (χ0n) is 10.4. The van der Waals surface area contributed by atoms with Gasteiger partial charge < -0.3 is 5.32 Å². The number of hydrogen-bond acceptors (Lipinski definition) is 3. The van der Waals surface area contributed by atoms with Gasteiger partial charge in [0.2, 0.25) is 0 Å². The van der Waals surface area contributed by atoms with E-state index >= 15 is 0 Å². The van der Waals surface area contributed by atoms with Crippen molar-refractivity contribution in [1.82, 2.24) is 14.5 Å². The zero-order valence-corrected chi connectivity index (χ0v) is 10.4. The first-order valence-corrected chi connectivity index (χ1v) is 5.87. The highest BCUT2D eigenvalue weighted by Crippen LogP contribution is 2.18. The van der Waals surface area contributed by atoms with Crippen LogP contribution in [0.25, 0.3) is 16.9 Å². The molecular weight excluding hydrogens is 224 g/mol. The molecule has 2 aromatic heterocycles. The van der Waals surface area contributed by atoms with Gasteiger partial charge in [0.25, 0.3) is 0 Å². The highest BCUT2D eigenvalue weighted by atomic mass is 15.1. The van der Waals surface area contributed by atoms with E-state index in [1.807, 2.05) is 49.1 Å². The molecule has 0 atom stereocenters. The van der Waals surface area contributed by atoms with Crippen LogP contribution >= 0.6 is 0 Å². The molecule has 3 aromatic rings. The first kappa shape index (κ1) is 10.8. The molecule has 3 rings (SSSR count). The average Bonchev–Trinajstić information content (AvgIpc) is 2.82. The molecule has 0 unspecified atom stereocenters. The molecule has 0 aliphatic heterocycles. The van der Waals surface area contributed by atoms with E-state index in [0.717, 1.165) is 28.2 Å². The molecule has 0 amide bonds. The third kappa shape index (κ3) is 1.72. The minimum absolute atomic E-state index is 0.896. The molecule has 0 bridgehead atoms. The van der Waals surface area contributed by atoms with E-state index in [9.17, 15) is 0 Å². The lowest BCUT2D eigenvalue weighted by Gasteiger charge is -2.05. The van der Waals surface area contributed by atoms with Crippen LogP contribution in [0.15, 0.2) is 42.7 Å². The maximum Gasteiger partial charge on any atom is 0.164 e. The Bertz CT molecular complexity index is 683. The number of hydrogen-bond donors (Lipinski definition) is 1. The van der Waals surface area contributed by atoms with Crippen LogP contribution in [0.5, 0.6) is 0 Å². The molecule has 1 N–H and O–H groups in total. The second kappa shape index (κ2) is 4.14. The summed E-state index contributed by atoms with van der Waals surface area (Å²) in [6.07, 6.45) is 1.81. The number of pyridine rings is 1. The summed E-state index contributed by atoms with van der Waals surface area (Å²) in [5.74, 6) is 0. The third-order valence-corrected chi connectivity index (χ3v) is 2.97. The van der Waals surface area contributed by atoms with E-state index in [1.54, 1.807) is 0 Å². The van der Waals surface area contributed by atoms with Gasteiger partial charge >= 0.3 is 0 Å². The number of rotatable bonds is 2. The third-order valence-electron chi connectivity index (χ3n) is 2.97. The Balaban J connectivity index is 2.15. The Kier molecular flexibility index (Phi) is 2.48. The van der Waals surface area contributed by atoms with Crippen molar-refractivity contribution in [2.45, 2.75) is 6.92 Å². The summed E-state index contributed by atoms with van der Waals surface area (Å²) >= 11 is 0. The van der Waals surface area contributed by atoms with Crippen molar-refractivity contribution < 1.29 is 0 Å². The first-order chi connectivity index (χ1) is 8.78. The minimum Gasteiger partial charge on any atom is -0.388 e. The lowest BCUT2D eigenvalue weighted by molar-refractivity contribution is 1.06. The lowest BCUT2D eigenvalue weighted by Crippen LogP contribution is -1.95. The monoisotopic (exact) mass is 238 g/mol. The van der Waals surface area contributed by atoms with Crippen LogP contribution in [0.2, 0.25) is 0 Å². The van der Waals surface area contributed by atoms with Crippen LogP contribution in [0, 0.1) is 6.92 Å². The van der Waals surface area contributed by atoms with Gasteiger partial charge in [0, 0.05) is 24.1 Å². The van der Waals surface area contributed by atoms with Gasteiger partial charge in [-0.15, -0.1) is 0 Å². The predicted octanol–water partition coefficient (Wildman–Crippen LogP) is 2.77. The molecule has 1 aromatic carbocycles. The molecule has 2 heterocycles. The second-order valence-corrected chi connectivity index (χ2v) is 4.21. The summed E-state index contributed by atoms with van der Waals surface area (Å²) in [4.78, 5) is 8.90. The molecule has 0 spiro atoms. The molecule has 0 aliphatic rings. The van der Waals surface area contributed by atoms with Crippen LogP contribution in [-0.2, 0) is 0 Å². The van der Waals surface area contributed by atoms with E-state index in [1.165, 1.54) is 0 Å². The molecule has 0 saturated carbocycles. The Hall–Kier alpha value is -2.36. The Morgan fingerprint density at radius 1 is 1.06 bits per heavy atom. The Morgan fingerprint density at radius 2 is 1.83 bits per heavy atom. The fourth-order valence-electron chi connectivity index (χ4n) is 1.97. The smallest absolute Gasteiger partial charge is 0.164 e. The van der Waals surface area contributed by atoms with Gasteiger partial charge in [-0.25, -0.2) is 9.97 Å². The molecule has 18 heavy (non-hydrogen) atoms. The quantitative estimate of drug-likeness (QED) is 0.746. The number of anilines is 1. The topological polar surface area (TPSA) is 42.7 Å². The number of nitrogens with one attached hydrogen (secondary N) is 1. The molecule has 0 radical (unpaired) electrons. The van der Waals surface area contributed by atoms with Crippen molar-refractivity contribution in [1.29, 1.82) is 0 Å². The number of aromatic nitrogens is 3. The number of imidazole rings is 1. The standard InChI is InChI=1S/C14H14N4/c1-10-3-8-13-14(17-10)18(9-16-13)12-6-4-11(15-2)5-7-12/h3-9,15H,1-2H3. The molecular formula is C14H14N4. The molecule has 0 aliphatic carbocycles. The molecule has 4 heteroatoms. The summed E-state index contributed by atoms with van der Waals surface area (Å²) < 4.78 is 2.00. The lowest BCUT2D eigenvalue weighted by atomic mass is 10.3. The normalized spacial score (nSPS) is 10.8. The Morgan fingerprint density at radius 3 is 2.56 bits per heavy atom. The number of nitrogens with zero attached hydrogens (tertiary/aromatic N) is 3. The fourth-order valence-corrected chi connectivity index (χ4v) is 1.97. The van der Waals surface area contributed by atoms with E-state index in [0.29, 0.717) is 0 Å². The van der Waals surface area contributed by atoms with Gasteiger partial charge in [0.1, 0.15) is 11.8 Å². The molecule has 4 nitrogen and oxygen atoms in total. The van der Waals surface area contributed by atoms with Gasteiger partial charge in [-0.2, -0.15) is 0 Å². The van der Waals surface area contributed by atoms with Crippen molar-refractivity contribution in [3.63, 3.8) is 0 Å². The zero-order chi connectivity index (χ0) is 12.5. The summed E-state index contributed by atoms with van der Waals surface area (Å²) in [6.45, 7) is 1.99. The number of benzene rings is 1. The van der Waals surface area contributed by atoms with Crippen LogP contribution in [-0.4, -0.2) is 21.6 Å². The van der Waals surface area contributed by atoms with Crippen molar-refractivity contribution >= 4 is 16.9 Å². The van der Waals surface area contributed by atoms with Gasteiger partial charge in [-0.1, -0.05) is 0 Å². The average molecular weight is 238 g/mol. The van der Waals surface area contributed by atoms with Crippen LogP contribution in [0.4, 0.5) is 5.69 Å². The fraction of sp³-hybridized carbons (Fsp3) is 0.143. The van der Waals surface area contributed by atoms with Crippen LogP contribution < -0.4 is 5.32 Å². The minimum atomic E-state index is 0.896. The van der Waals surface area contributed by atoms with Gasteiger partial charge in [-0.3, -0.25) is 4.57 Å². The van der Waals surface area contributed by atoms with Gasteiger partial charge in [0.05, 0.1) is 0 Å². The van der Waals surface area contributed by atoms with Crippen molar-refractivity contribution in [3.8, 4) is 5.69 Å². The predicted molar refractivity (Wildman–Crippen MR) is 73.1 cm³/mol. The summed E-state index contributed by atoms with van der Waals surface area (Å²) in [7, 11) is 1.91. The molecule has 0 fully saturated rings. The van der Waals surface area contributed by atoms with Gasteiger partial charge in [0.15, 0.2) is 5.65 Å². The number of fused-ring (bicyclic) bond motifs is 1. The van der Waals surface area contributed by atoms with Crippen molar-refractivity contribution in [2.24, 2.45) is 0 Å². The van der Waals surface area contributed by atoms with E-state index in [4.69, 9.17) is 0 Å². The summed E-state index contributed by atoms with van der Waals surface area (Å²) in [6, 6.07) is 12.2. The van der Waals surface area contributed by atoms with Gasteiger partial charge in [-0.05, 0) is 43.3 Å².